The van der Waals surface area contributed by atoms with Crippen LogP contribution in [0.1, 0.15) is 24.5 Å². The minimum absolute atomic E-state index is 0.416. The highest BCUT2D eigenvalue weighted by Crippen LogP contribution is 2.37. The minimum Gasteiger partial charge on any atom is -0.489 e. The van der Waals surface area contributed by atoms with Crippen molar-refractivity contribution in [2.24, 2.45) is 5.10 Å². The van der Waals surface area contributed by atoms with Crippen LogP contribution in [0.15, 0.2) is 41.5 Å². The van der Waals surface area contributed by atoms with Crippen LogP contribution in [0.25, 0.3) is 0 Å². The van der Waals surface area contributed by atoms with Gasteiger partial charge in [0.15, 0.2) is 17.6 Å². The molecule has 3 rings (SSSR count). The Hall–Kier alpha value is -3.24. The molecule has 0 bridgehead atoms. The van der Waals surface area contributed by atoms with E-state index < -0.39 is 12.0 Å². The molecule has 0 unspecified atom stereocenters. The molecule has 0 fully saturated rings. The predicted octanol–water partition coefficient (Wildman–Crippen LogP) is 3.29. The van der Waals surface area contributed by atoms with E-state index in [0.717, 1.165) is 6.42 Å². The van der Waals surface area contributed by atoms with Crippen molar-refractivity contribution in [3.05, 3.63) is 52.5 Å². The number of rotatable bonds is 5. The maximum absolute atomic E-state index is 12.1. The molecule has 1 heterocycles. The summed E-state index contributed by atoms with van der Waals surface area (Å²) in [6, 6.07) is 11.9. The van der Waals surface area contributed by atoms with Gasteiger partial charge in [-0.1, -0.05) is 11.6 Å². The van der Waals surface area contributed by atoms with E-state index >= 15 is 0 Å². The summed E-state index contributed by atoms with van der Waals surface area (Å²) in [7, 11) is 0. The van der Waals surface area contributed by atoms with Gasteiger partial charge in [-0.2, -0.15) is 10.4 Å². The number of carbonyl (C=O) groups excluding carboxylic acids is 1. The zero-order valence-corrected chi connectivity index (χ0v) is 15.9. The molecule has 1 atom stereocenters. The van der Waals surface area contributed by atoms with Crippen LogP contribution in [0, 0.1) is 11.3 Å². The Morgan fingerprint density at radius 1 is 1.32 bits per heavy atom. The maximum atomic E-state index is 12.1. The van der Waals surface area contributed by atoms with E-state index in [1.54, 1.807) is 43.3 Å². The van der Waals surface area contributed by atoms with Crippen LogP contribution in [0.4, 0.5) is 0 Å². The highest BCUT2D eigenvalue weighted by molar-refractivity contribution is 6.32. The number of nitriles is 1. The number of ether oxygens (including phenoxy) is 3. The van der Waals surface area contributed by atoms with Gasteiger partial charge in [0.25, 0.3) is 5.91 Å². The third-order valence-electron chi connectivity index (χ3n) is 3.88. The van der Waals surface area contributed by atoms with E-state index in [-0.39, 0.29) is 0 Å². The number of hydrogen-bond donors (Lipinski definition) is 1. The van der Waals surface area contributed by atoms with Crippen molar-refractivity contribution in [1.82, 2.24) is 5.43 Å². The van der Waals surface area contributed by atoms with Gasteiger partial charge >= 0.3 is 0 Å². The Labute approximate surface area is 167 Å². The third-order valence-corrected chi connectivity index (χ3v) is 4.16. The molecule has 7 nitrogen and oxygen atoms in total. The highest BCUT2D eigenvalue weighted by atomic mass is 35.5. The van der Waals surface area contributed by atoms with Crippen LogP contribution in [-0.2, 0) is 4.79 Å². The van der Waals surface area contributed by atoms with E-state index in [0.29, 0.717) is 46.6 Å². The molecule has 28 heavy (non-hydrogen) atoms. The summed E-state index contributed by atoms with van der Waals surface area (Å²) < 4.78 is 16.7. The van der Waals surface area contributed by atoms with Gasteiger partial charge in [0.2, 0.25) is 0 Å². The maximum Gasteiger partial charge on any atom is 0.280 e. The Bertz CT molecular complexity index is 922. The molecule has 1 N–H and O–H groups in total. The number of nitrogens with one attached hydrogen (secondary N) is 1. The number of hydrogen-bond acceptors (Lipinski definition) is 6. The second-order valence-electron chi connectivity index (χ2n) is 6.01. The standard InChI is InChI=1S/C20H18ClN3O4/c1-13(28-16-5-3-14(11-22)4-6-16)20(25)24-23-12-15-9-17(21)19-18(10-15)26-7-2-8-27-19/h3-6,9-10,12-13H,2,7-8H2,1H3,(H,24,25)/b23-12-/t13-/m1/s1. The molecule has 2 aromatic rings. The lowest BCUT2D eigenvalue weighted by Gasteiger charge is -2.13. The molecule has 1 amide bonds. The molecule has 0 saturated carbocycles. The Morgan fingerprint density at radius 3 is 2.82 bits per heavy atom. The number of benzene rings is 2. The predicted molar refractivity (Wildman–Crippen MR) is 104 cm³/mol. The Morgan fingerprint density at radius 2 is 2.07 bits per heavy atom. The Balaban J connectivity index is 1.59. The number of hydrazone groups is 1. The molecule has 0 aliphatic carbocycles. The average Bonchev–Trinajstić information content (AvgIpc) is 2.94. The van der Waals surface area contributed by atoms with E-state index in [9.17, 15) is 4.79 Å². The summed E-state index contributed by atoms with van der Waals surface area (Å²) in [6.07, 6.45) is 1.48. The molecule has 0 aromatic heterocycles. The molecule has 144 valence electrons. The molecule has 2 aromatic carbocycles. The van der Waals surface area contributed by atoms with E-state index in [1.165, 1.54) is 6.21 Å². The summed E-state index contributed by atoms with van der Waals surface area (Å²) in [5, 5.41) is 13.2. The topological polar surface area (TPSA) is 92.9 Å². The summed E-state index contributed by atoms with van der Waals surface area (Å²) in [5.74, 6) is 1.14. The van der Waals surface area contributed by atoms with Crippen LogP contribution in [-0.4, -0.2) is 31.4 Å². The summed E-state index contributed by atoms with van der Waals surface area (Å²) in [4.78, 5) is 12.1. The van der Waals surface area contributed by atoms with Gasteiger partial charge in [0.05, 0.1) is 36.1 Å². The summed E-state index contributed by atoms with van der Waals surface area (Å²) in [6.45, 7) is 2.70. The van der Waals surface area contributed by atoms with Gasteiger partial charge in [0.1, 0.15) is 5.75 Å². The molecule has 1 aliphatic heterocycles. The monoisotopic (exact) mass is 399 g/mol. The van der Waals surface area contributed by atoms with Gasteiger partial charge in [-0.05, 0) is 48.9 Å². The zero-order valence-electron chi connectivity index (χ0n) is 15.1. The molecule has 1 aliphatic rings. The molecule has 8 heteroatoms. The fourth-order valence-corrected chi connectivity index (χ4v) is 2.73. The first-order valence-electron chi connectivity index (χ1n) is 8.65. The number of halogens is 1. The zero-order chi connectivity index (χ0) is 19.9. The van der Waals surface area contributed by atoms with Crippen LogP contribution < -0.4 is 19.6 Å². The fourth-order valence-electron chi connectivity index (χ4n) is 2.45. The van der Waals surface area contributed by atoms with E-state index in [4.69, 9.17) is 31.1 Å². The Kier molecular flexibility index (Phi) is 6.35. The molecule has 0 radical (unpaired) electrons. The quantitative estimate of drug-likeness (QED) is 0.615. The lowest BCUT2D eigenvalue weighted by molar-refractivity contribution is -0.127. The first kappa shape index (κ1) is 19.5. The van der Waals surface area contributed by atoms with Gasteiger partial charge in [-0.25, -0.2) is 5.43 Å². The summed E-state index contributed by atoms with van der Waals surface area (Å²) >= 11 is 6.23. The molecular weight excluding hydrogens is 382 g/mol. The number of fused-ring (bicyclic) bond motifs is 1. The van der Waals surface area contributed by atoms with Gasteiger partial charge in [-0.3, -0.25) is 4.79 Å². The number of nitrogens with zero attached hydrogens (tertiary/aromatic N) is 2. The van der Waals surface area contributed by atoms with Crippen LogP contribution in [0.2, 0.25) is 5.02 Å². The highest BCUT2D eigenvalue weighted by Gasteiger charge is 2.16. The summed E-state index contributed by atoms with van der Waals surface area (Å²) in [5.41, 5.74) is 3.60. The second kappa shape index (κ2) is 9.11. The fraction of sp³-hybridized carbons (Fsp3) is 0.250. The van der Waals surface area contributed by atoms with Crippen molar-refractivity contribution in [2.45, 2.75) is 19.4 Å². The van der Waals surface area contributed by atoms with Crippen LogP contribution in [0.5, 0.6) is 17.2 Å². The second-order valence-corrected chi connectivity index (χ2v) is 6.42. The van der Waals surface area contributed by atoms with Crippen molar-refractivity contribution in [2.75, 3.05) is 13.2 Å². The van der Waals surface area contributed by atoms with Crippen LogP contribution >= 0.6 is 11.6 Å². The van der Waals surface area contributed by atoms with Crippen molar-refractivity contribution >= 4 is 23.7 Å². The van der Waals surface area contributed by atoms with Crippen LogP contribution in [0.3, 0.4) is 0 Å². The molecular formula is C20H18ClN3O4. The number of amides is 1. The lowest BCUT2D eigenvalue weighted by Crippen LogP contribution is -2.33. The van der Waals surface area contributed by atoms with Gasteiger partial charge in [0, 0.05) is 6.42 Å². The van der Waals surface area contributed by atoms with Crippen molar-refractivity contribution < 1.29 is 19.0 Å². The number of carbonyl (C=O) groups is 1. The van der Waals surface area contributed by atoms with Crippen molar-refractivity contribution in [3.8, 4) is 23.3 Å². The molecule has 0 spiro atoms. The molecule has 0 saturated heterocycles. The minimum atomic E-state index is -0.766. The smallest absolute Gasteiger partial charge is 0.280 e. The average molecular weight is 400 g/mol. The first-order valence-corrected chi connectivity index (χ1v) is 9.03. The van der Waals surface area contributed by atoms with E-state index in [1.807, 2.05) is 6.07 Å². The van der Waals surface area contributed by atoms with Gasteiger partial charge < -0.3 is 14.2 Å². The van der Waals surface area contributed by atoms with Crippen molar-refractivity contribution in [1.29, 1.82) is 5.26 Å². The first-order chi connectivity index (χ1) is 13.6. The van der Waals surface area contributed by atoms with Gasteiger partial charge in [-0.15, -0.1) is 0 Å². The van der Waals surface area contributed by atoms with E-state index in [2.05, 4.69) is 10.5 Å². The third kappa shape index (κ3) is 4.93. The SMILES string of the molecule is C[C@@H](Oc1ccc(C#N)cc1)C(=O)N/N=C\c1cc(Cl)c2c(c1)OCCCO2. The normalized spacial score (nSPS) is 14.0. The van der Waals surface area contributed by atoms with Crippen molar-refractivity contribution in [3.63, 3.8) is 0 Å². The lowest BCUT2D eigenvalue weighted by atomic mass is 10.2. The largest absolute Gasteiger partial charge is 0.489 e.